The van der Waals surface area contributed by atoms with Crippen molar-refractivity contribution in [3.05, 3.63) is 11.4 Å². The third kappa shape index (κ3) is 4.75. The zero-order chi connectivity index (χ0) is 10.9. The van der Waals surface area contributed by atoms with Crippen LogP contribution in [0.1, 0.15) is 0 Å². The van der Waals surface area contributed by atoms with Crippen molar-refractivity contribution >= 4 is 0 Å². The van der Waals surface area contributed by atoms with Crippen molar-refractivity contribution in [1.82, 2.24) is 15.1 Å². The lowest BCUT2D eigenvalue weighted by Gasteiger charge is -2.33. The first kappa shape index (κ1) is 11.9. The van der Waals surface area contributed by atoms with Gasteiger partial charge in [-0.3, -0.25) is 14.6 Å². The van der Waals surface area contributed by atoms with E-state index in [1.807, 2.05) is 0 Å². The Balaban J connectivity index is 2.05. The van der Waals surface area contributed by atoms with Gasteiger partial charge in [-0.25, -0.2) is 11.9 Å². The molecule has 15 heavy (non-hydrogen) atoms. The molecule has 1 rings (SSSR count). The first-order chi connectivity index (χ1) is 7.36. The lowest BCUT2D eigenvalue weighted by atomic mass is 10.3. The van der Waals surface area contributed by atoms with E-state index in [2.05, 4.69) is 26.0 Å². The zero-order valence-electron chi connectivity index (χ0n) is 8.95. The van der Waals surface area contributed by atoms with Gasteiger partial charge in [-0.1, -0.05) is 0 Å². The Morgan fingerprint density at radius 2 is 1.93 bits per heavy atom. The number of nitrogens with one attached hydrogen (secondary N) is 1. The van der Waals surface area contributed by atoms with Crippen molar-refractivity contribution in [2.45, 2.75) is 0 Å². The summed E-state index contributed by atoms with van der Waals surface area (Å²) in [6.45, 7) is 13.5. The van der Waals surface area contributed by atoms with Gasteiger partial charge in [0.15, 0.2) is 0 Å². The van der Waals surface area contributed by atoms with Gasteiger partial charge in [0.05, 0.1) is 12.6 Å². The van der Waals surface area contributed by atoms with E-state index >= 15 is 0 Å². The molecule has 1 heterocycles. The van der Waals surface area contributed by atoms with Gasteiger partial charge in [0.2, 0.25) is 0 Å². The minimum absolute atomic E-state index is 0.411. The minimum Gasteiger partial charge on any atom is -0.300 e. The van der Waals surface area contributed by atoms with E-state index in [4.69, 9.17) is 11.8 Å². The monoisotopic (exact) mass is 207 g/mol. The van der Waals surface area contributed by atoms with Gasteiger partial charge in [0.1, 0.15) is 0 Å². The SMILES string of the molecule is [C-]#[N+]CNCCN1CCN(CC#N)CC1. The Hall–Kier alpha value is -1.14. The number of rotatable bonds is 5. The Morgan fingerprint density at radius 3 is 2.53 bits per heavy atom. The molecule has 0 atom stereocenters. The van der Waals surface area contributed by atoms with Gasteiger partial charge < -0.3 is 0 Å². The first-order valence-corrected chi connectivity index (χ1v) is 5.22. The molecule has 0 aliphatic carbocycles. The van der Waals surface area contributed by atoms with Crippen LogP contribution in [-0.2, 0) is 0 Å². The highest BCUT2D eigenvalue weighted by Gasteiger charge is 2.15. The fraction of sp³-hybridized carbons (Fsp3) is 0.800. The van der Waals surface area contributed by atoms with E-state index in [1.54, 1.807) is 0 Å². The smallest absolute Gasteiger partial charge is 0.268 e. The highest BCUT2D eigenvalue weighted by molar-refractivity contribution is 4.81. The molecule has 0 spiro atoms. The predicted molar refractivity (Wildman–Crippen MR) is 58.0 cm³/mol. The topological polar surface area (TPSA) is 46.7 Å². The molecule has 1 aliphatic heterocycles. The molecule has 5 nitrogen and oxygen atoms in total. The fourth-order valence-electron chi connectivity index (χ4n) is 1.64. The Morgan fingerprint density at radius 1 is 1.27 bits per heavy atom. The van der Waals surface area contributed by atoms with Crippen LogP contribution in [0, 0.1) is 17.9 Å². The van der Waals surface area contributed by atoms with Crippen LogP contribution in [0.3, 0.4) is 0 Å². The quantitative estimate of drug-likeness (QED) is 0.378. The maximum Gasteiger partial charge on any atom is 0.268 e. The average molecular weight is 207 g/mol. The molecule has 1 saturated heterocycles. The maximum absolute atomic E-state index is 8.54. The van der Waals surface area contributed by atoms with Gasteiger partial charge in [-0.15, -0.1) is 0 Å². The highest BCUT2D eigenvalue weighted by Crippen LogP contribution is 1.99. The van der Waals surface area contributed by atoms with Crippen molar-refractivity contribution in [1.29, 1.82) is 5.26 Å². The van der Waals surface area contributed by atoms with E-state index in [1.165, 1.54) is 0 Å². The molecule has 1 N–H and O–H groups in total. The van der Waals surface area contributed by atoms with Crippen LogP contribution < -0.4 is 5.32 Å². The van der Waals surface area contributed by atoms with Crippen LogP contribution in [0.5, 0.6) is 0 Å². The number of nitrogens with zero attached hydrogens (tertiary/aromatic N) is 4. The van der Waals surface area contributed by atoms with Gasteiger partial charge in [0, 0.05) is 39.3 Å². The van der Waals surface area contributed by atoms with E-state index in [0.29, 0.717) is 13.2 Å². The van der Waals surface area contributed by atoms with Crippen molar-refractivity contribution in [3.8, 4) is 6.07 Å². The molecule has 0 aromatic carbocycles. The number of hydrogen-bond donors (Lipinski definition) is 1. The Labute approximate surface area is 91.1 Å². The molecular formula is C10H17N5. The second kappa shape index (κ2) is 7.19. The number of hydrogen-bond acceptors (Lipinski definition) is 4. The van der Waals surface area contributed by atoms with Crippen molar-refractivity contribution in [2.75, 3.05) is 52.5 Å². The van der Waals surface area contributed by atoms with Crippen LogP contribution in [0.25, 0.3) is 4.85 Å². The summed E-state index contributed by atoms with van der Waals surface area (Å²) in [5, 5.41) is 11.6. The van der Waals surface area contributed by atoms with Gasteiger partial charge in [0.25, 0.3) is 6.67 Å². The fourth-order valence-corrected chi connectivity index (χ4v) is 1.64. The number of nitriles is 1. The zero-order valence-corrected chi connectivity index (χ0v) is 8.95. The van der Waals surface area contributed by atoms with E-state index in [9.17, 15) is 0 Å². The summed E-state index contributed by atoms with van der Waals surface area (Å²) in [6.07, 6.45) is 0. The van der Waals surface area contributed by atoms with Crippen molar-refractivity contribution in [3.63, 3.8) is 0 Å². The Kier molecular flexibility index (Phi) is 5.72. The molecule has 0 aromatic heterocycles. The summed E-state index contributed by atoms with van der Waals surface area (Å²) in [5.74, 6) is 0. The Bertz CT molecular complexity index is 241. The van der Waals surface area contributed by atoms with Crippen LogP contribution in [0.4, 0.5) is 0 Å². The van der Waals surface area contributed by atoms with E-state index in [-0.39, 0.29) is 0 Å². The lowest BCUT2D eigenvalue weighted by Crippen LogP contribution is -2.48. The molecule has 0 aromatic rings. The largest absolute Gasteiger partial charge is 0.300 e. The van der Waals surface area contributed by atoms with Crippen molar-refractivity contribution < 1.29 is 0 Å². The summed E-state index contributed by atoms with van der Waals surface area (Å²) in [4.78, 5) is 7.77. The molecule has 1 fully saturated rings. The molecule has 0 amide bonds. The molecule has 0 bridgehead atoms. The average Bonchev–Trinajstić information content (AvgIpc) is 2.27. The third-order valence-electron chi connectivity index (χ3n) is 2.55. The molecule has 0 unspecified atom stereocenters. The standard InChI is InChI=1S/C10H17N5/c1-12-10-13-3-5-15-8-6-14(4-2-11)7-9-15/h13H,3-10H2. The summed E-state index contributed by atoms with van der Waals surface area (Å²) in [7, 11) is 0. The maximum atomic E-state index is 8.54. The third-order valence-corrected chi connectivity index (χ3v) is 2.55. The summed E-state index contributed by atoms with van der Waals surface area (Å²) in [5.41, 5.74) is 0. The molecule has 1 aliphatic rings. The molecule has 0 radical (unpaired) electrons. The second-order valence-electron chi connectivity index (χ2n) is 3.59. The number of piperazine rings is 1. The molecule has 5 heteroatoms. The van der Waals surface area contributed by atoms with Crippen molar-refractivity contribution in [2.24, 2.45) is 0 Å². The highest BCUT2D eigenvalue weighted by atomic mass is 15.3. The summed E-state index contributed by atoms with van der Waals surface area (Å²) >= 11 is 0. The predicted octanol–water partition coefficient (Wildman–Crippen LogP) is -0.406. The first-order valence-electron chi connectivity index (χ1n) is 5.22. The van der Waals surface area contributed by atoms with Crippen LogP contribution in [0.15, 0.2) is 0 Å². The van der Waals surface area contributed by atoms with Crippen LogP contribution in [-0.4, -0.2) is 62.3 Å². The normalized spacial score (nSPS) is 18.3. The second-order valence-corrected chi connectivity index (χ2v) is 3.59. The van der Waals surface area contributed by atoms with Gasteiger partial charge in [-0.2, -0.15) is 5.26 Å². The summed E-state index contributed by atoms with van der Waals surface area (Å²) in [6, 6.07) is 2.17. The summed E-state index contributed by atoms with van der Waals surface area (Å²) < 4.78 is 0. The van der Waals surface area contributed by atoms with Gasteiger partial charge in [-0.05, 0) is 0 Å². The lowest BCUT2D eigenvalue weighted by molar-refractivity contribution is 0.144. The van der Waals surface area contributed by atoms with E-state index in [0.717, 1.165) is 39.3 Å². The van der Waals surface area contributed by atoms with E-state index < -0.39 is 0 Å². The molecule has 0 saturated carbocycles. The molecular weight excluding hydrogens is 190 g/mol. The minimum atomic E-state index is 0.411. The van der Waals surface area contributed by atoms with Crippen LogP contribution >= 0.6 is 0 Å². The molecule has 82 valence electrons. The van der Waals surface area contributed by atoms with Gasteiger partial charge >= 0.3 is 0 Å². The van der Waals surface area contributed by atoms with Crippen LogP contribution in [0.2, 0.25) is 0 Å².